The topological polar surface area (TPSA) is 195 Å². The van der Waals surface area contributed by atoms with Crippen LogP contribution in [0.3, 0.4) is 0 Å². The molecule has 6 heterocycles. The summed E-state index contributed by atoms with van der Waals surface area (Å²) in [4.78, 5) is 69.1. The first-order chi connectivity index (χ1) is 27.6. The lowest BCUT2D eigenvalue weighted by Gasteiger charge is -2.39. The number of anilines is 1. The van der Waals surface area contributed by atoms with E-state index in [0.29, 0.717) is 55.0 Å². The molecule has 17 nitrogen and oxygen atoms in total. The van der Waals surface area contributed by atoms with Crippen LogP contribution in [0.5, 0.6) is 0 Å². The second kappa shape index (κ2) is 15.8. The number of imide groups is 1. The Labute approximate surface area is 327 Å². The predicted molar refractivity (Wildman–Crippen MR) is 209 cm³/mol. The maximum absolute atomic E-state index is 13.4. The number of carbonyl (C=O) groups excluding carboxylic acids is 4. The molecule has 2 aliphatic heterocycles. The van der Waals surface area contributed by atoms with E-state index in [1.54, 1.807) is 29.8 Å². The molecule has 0 bridgehead atoms. The summed E-state index contributed by atoms with van der Waals surface area (Å²) < 4.78 is 19.8. The molecule has 0 spiro atoms. The van der Waals surface area contributed by atoms with Crippen molar-refractivity contribution in [2.75, 3.05) is 32.0 Å². The van der Waals surface area contributed by atoms with E-state index in [9.17, 15) is 28.4 Å². The van der Waals surface area contributed by atoms with Gasteiger partial charge in [-0.3, -0.25) is 33.5 Å². The fourth-order valence-corrected chi connectivity index (χ4v) is 7.87. The molecule has 8 rings (SSSR count). The van der Waals surface area contributed by atoms with E-state index >= 15 is 0 Å². The number of hydrogen-bond donors (Lipinski definition) is 4. The third-order valence-electron chi connectivity index (χ3n) is 11.3. The number of nitrogens with zero attached hydrogens (tertiary/aromatic N) is 8. The molecule has 1 saturated carbocycles. The largest absolute Gasteiger partial charge is 0.385 e. The number of piperidine rings is 1. The summed E-state index contributed by atoms with van der Waals surface area (Å²) in [5.74, 6) is -1.17. The zero-order valence-corrected chi connectivity index (χ0v) is 32.0. The van der Waals surface area contributed by atoms with Gasteiger partial charge in [-0.15, -0.1) is 0 Å². The van der Waals surface area contributed by atoms with Crippen LogP contribution in [0.2, 0.25) is 0 Å². The second-order valence-corrected chi connectivity index (χ2v) is 15.2. The molecule has 5 aromatic rings. The third-order valence-corrected chi connectivity index (χ3v) is 11.3. The maximum Gasteiger partial charge on any atom is 0.329 e. The van der Waals surface area contributed by atoms with Crippen LogP contribution in [0, 0.1) is 0 Å². The SMILES string of the molecule is CNc1cc(-c2cnn(C3CN(C(=O)NCCCCCCCCc4cccc5c4n(C)c(=O)n5C4CCC(=O)NC4=O)C3)c2)nn2c(C(=O)N[C@@H]3C[C@@H]3F)cnc12. The molecule has 4 N–H and O–H groups in total. The fraction of sp³-hybridized carbons (Fsp3) is 0.487. The zero-order chi connectivity index (χ0) is 39.8. The lowest BCUT2D eigenvalue weighted by molar-refractivity contribution is -0.135. The lowest BCUT2D eigenvalue weighted by Crippen LogP contribution is -2.54. The third kappa shape index (κ3) is 7.59. The molecule has 3 fully saturated rings. The number of halogens is 1. The molecular weight excluding hydrogens is 736 g/mol. The highest BCUT2D eigenvalue weighted by molar-refractivity contribution is 6.00. The van der Waals surface area contributed by atoms with Crippen molar-refractivity contribution in [2.24, 2.45) is 7.05 Å². The highest BCUT2D eigenvalue weighted by Gasteiger charge is 2.39. The Morgan fingerprint density at radius 1 is 1.04 bits per heavy atom. The van der Waals surface area contributed by atoms with Crippen molar-refractivity contribution in [2.45, 2.75) is 88.5 Å². The molecule has 18 heteroatoms. The second-order valence-electron chi connectivity index (χ2n) is 15.2. The van der Waals surface area contributed by atoms with E-state index in [1.165, 1.54) is 15.3 Å². The van der Waals surface area contributed by atoms with Gasteiger partial charge in [0.2, 0.25) is 11.8 Å². The Kier molecular flexibility index (Phi) is 10.5. The van der Waals surface area contributed by atoms with Crippen molar-refractivity contribution < 1.29 is 23.6 Å². The number of alkyl halides is 1. The zero-order valence-electron chi connectivity index (χ0n) is 32.0. The van der Waals surface area contributed by atoms with Gasteiger partial charge < -0.3 is 20.9 Å². The number of para-hydroxylation sites is 1. The minimum atomic E-state index is -1.02. The van der Waals surface area contributed by atoms with Crippen molar-refractivity contribution in [3.05, 3.63) is 64.6 Å². The monoisotopic (exact) mass is 782 g/mol. The molecule has 300 valence electrons. The van der Waals surface area contributed by atoms with Gasteiger partial charge in [-0.05, 0) is 43.4 Å². The van der Waals surface area contributed by atoms with E-state index in [-0.39, 0.29) is 35.8 Å². The quantitative estimate of drug-likeness (QED) is 0.0911. The van der Waals surface area contributed by atoms with Crippen LogP contribution in [-0.4, -0.2) is 101 Å². The van der Waals surface area contributed by atoms with Crippen LogP contribution < -0.4 is 27.0 Å². The Bertz CT molecular complexity index is 2410. The maximum atomic E-state index is 13.4. The first kappa shape index (κ1) is 37.8. The molecule has 2 saturated heterocycles. The molecule has 0 radical (unpaired) electrons. The minimum absolute atomic E-state index is 0.0286. The summed E-state index contributed by atoms with van der Waals surface area (Å²) in [7, 11) is 3.49. The summed E-state index contributed by atoms with van der Waals surface area (Å²) in [6.07, 6.45) is 11.7. The van der Waals surface area contributed by atoms with Crippen LogP contribution >= 0.6 is 0 Å². The van der Waals surface area contributed by atoms with Gasteiger partial charge in [-0.2, -0.15) is 10.2 Å². The van der Waals surface area contributed by atoms with Crippen molar-refractivity contribution in [1.82, 2.24) is 54.4 Å². The Morgan fingerprint density at radius 2 is 1.81 bits per heavy atom. The van der Waals surface area contributed by atoms with E-state index in [2.05, 4.69) is 36.4 Å². The van der Waals surface area contributed by atoms with Gasteiger partial charge in [-0.1, -0.05) is 37.8 Å². The summed E-state index contributed by atoms with van der Waals surface area (Å²) >= 11 is 0. The van der Waals surface area contributed by atoms with Gasteiger partial charge in [0.1, 0.15) is 12.2 Å². The van der Waals surface area contributed by atoms with Gasteiger partial charge in [0, 0.05) is 58.3 Å². The molecule has 1 aromatic carbocycles. The smallest absolute Gasteiger partial charge is 0.329 e. The number of carbonyl (C=O) groups is 4. The molecule has 5 amide bonds. The summed E-state index contributed by atoms with van der Waals surface area (Å²) in [5, 5.41) is 20.4. The number of nitrogens with one attached hydrogen (secondary N) is 4. The van der Waals surface area contributed by atoms with Gasteiger partial charge >= 0.3 is 11.7 Å². The summed E-state index contributed by atoms with van der Waals surface area (Å²) in [6.45, 7) is 1.68. The molecule has 1 unspecified atom stereocenters. The van der Waals surface area contributed by atoms with E-state index in [1.807, 2.05) is 35.1 Å². The van der Waals surface area contributed by atoms with Crippen LogP contribution in [0.4, 0.5) is 14.9 Å². The predicted octanol–water partition coefficient (Wildman–Crippen LogP) is 3.26. The van der Waals surface area contributed by atoms with Gasteiger partial charge in [0.25, 0.3) is 5.91 Å². The minimum Gasteiger partial charge on any atom is -0.385 e. The molecule has 3 aliphatic rings. The molecule has 3 atom stereocenters. The number of imidazole rings is 2. The van der Waals surface area contributed by atoms with E-state index in [0.717, 1.165) is 61.6 Å². The number of rotatable bonds is 15. The van der Waals surface area contributed by atoms with Crippen LogP contribution in [0.15, 0.2) is 47.7 Å². The fourth-order valence-electron chi connectivity index (χ4n) is 7.87. The Balaban J connectivity index is 0.749. The van der Waals surface area contributed by atoms with Crippen molar-refractivity contribution in [1.29, 1.82) is 0 Å². The number of benzene rings is 1. The highest BCUT2D eigenvalue weighted by Crippen LogP contribution is 2.29. The van der Waals surface area contributed by atoms with E-state index < -0.39 is 30.1 Å². The average Bonchev–Trinajstić information content (AvgIpc) is 3.50. The number of hydrogen-bond acceptors (Lipinski definition) is 9. The first-order valence-electron chi connectivity index (χ1n) is 19.7. The number of aromatic nitrogens is 7. The first-order valence-corrected chi connectivity index (χ1v) is 19.7. The number of amides is 5. The molecule has 4 aromatic heterocycles. The Morgan fingerprint density at radius 3 is 2.56 bits per heavy atom. The highest BCUT2D eigenvalue weighted by atomic mass is 19.1. The molecule has 1 aliphatic carbocycles. The van der Waals surface area contributed by atoms with Crippen molar-refractivity contribution in [3.8, 4) is 11.3 Å². The molecule has 57 heavy (non-hydrogen) atoms. The standard InChI is InChI=1S/C39H47FN12O5/c1-41-29-17-27(47-52-32(19-43-35(29)52)37(55)45-28-16-26(28)40)24-18-44-50(20-24)25-21-49(22-25)38(56)42-15-8-6-4-3-5-7-10-23-11-9-12-30-34(23)48(2)39(57)51(30)31-13-14-33(53)46-36(31)54/h9,11-12,17-20,25-26,28,31,41H,3-8,10,13-16,21-22H2,1-2H3,(H,42,56)(H,45,55)(H,46,53,54)/t26-,28+,31?/m0/s1. The lowest BCUT2D eigenvalue weighted by atomic mass is 10.0. The Hall–Kier alpha value is -6.07. The van der Waals surface area contributed by atoms with Gasteiger partial charge in [-0.25, -0.2) is 23.5 Å². The number of fused-ring (bicyclic) bond motifs is 2. The van der Waals surface area contributed by atoms with Crippen LogP contribution in [0.1, 0.15) is 85.9 Å². The molecular formula is C39H47FN12O5. The van der Waals surface area contributed by atoms with E-state index in [4.69, 9.17) is 0 Å². The van der Waals surface area contributed by atoms with Crippen LogP contribution in [0.25, 0.3) is 27.9 Å². The number of aryl methyl sites for hydroxylation is 2. The number of unbranched alkanes of at least 4 members (excludes halogenated alkanes) is 5. The number of likely N-dealkylation sites (tertiary alicyclic amines) is 1. The van der Waals surface area contributed by atoms with Gasteiger partial charge in [0.15, 0.2) is 11.3 Å². The number of urea groups is 1. The summed E-state index contributed by atoms with van der Waals surface area (Å²) in [5.41, 5.74) is 5.06. The van der Waals surface area contributed by atoms with Gasteiger partial charge in [0.05, 0.1) is 46.9 Å². The average molecular weight is 783 g/mol. The normalized spacial score (nSPS) is 19.5. The van der Waals surface area contributed by atoms with Crippen LogP contribution in [-0.2, 0) is 23.1 Å². The van der Waals surface area contributed by atoms with Crippen molar-refractivity contribution >= 4 is 46.1 Å². The summed E-state index contributed by atoms with van der Waals surface area (Å²) in [6, 6.07) is 6.43. The van der Waals surface area contributed by atoms with Crippen molar-refractivity contribution in [3.63, 3.8) is 0 Å².